The Balaban J connectivity index is 2.44. The fraction of sp³-hybridized carbons (Fsp3) is 0.583. The van der Waals surface area contributed by atoms with Gasteiger partial charge in [0.25, 0.3) is 0 Å². The van der Waals surface area contributed by atoms with Gasteiger partial charge in [0.2, 0.25) is 5.91 Å². The SMILES string of the molecule is CC(C)c1nc(Cl)cc(NCCCCC(N)=O)n1. The second kappa shape index (κ2) is 7.16. The van der Waals surface area contributed by atoms with Crippen LogP contribution in [0.2, 0.25) is 5.15 Å². The number of amides is 1. The Morgan fingerprint density at radius 3 is 2.78 bits per heavy atom. The number of primary amides is 1. The third-order valence-corrected chi connectivity index (χ3v) is 2.58. The minimum atomic E-state index is -0.262. The number of nitrogens with zero attached hydrogens (tertiary/aromatic N) is 2. The second-order valence-electron chi connectivity index (χ2n) is 4.44. The summed E-state index contributed by atoms with van der Waals surface area (Å²) in [4.78, 5) is 19.1. The summed E-state index contributed by atoms with van der Waals surface area (Å²) < 4.78 is 0. The van der Waals surface area contributed by atoms with Crippen molar-refractivity contribution in [2.24, 2.45) is 5.73 Å². The number of carbonyl (C=O) groups is 1. The van der Waals surface area contributed by atoms with Crippen LogP contribution in [-0.2, 0) is 4.79 Å². The molecule has 0 aliphatic rings. The number of rotatable bonds is 7. The van der Waals surface area contributed by atoms with E-state index in [2.05, 4.69) is 15.3 Å². The molecule has 1 amide bonds. The number of nitrogens with two attached hydrogens (primary N) is 1. The molecular weight excluding hydrogens is 252 g/mol. The van der Waals surface area contributed by atoms with Crippen LogP contribution in [0, 0.1) is 0 Å². The zero-order chi connectivity index (χ0) is 13.5. The summed E-state index contributed by atoms with van der Waals surface area (Å²) in [6.07, 6.45) is 2.06. The molecule has 0 saturated carbocycles. The Bertz CT molecular complexity index is 409. The minimum absolute atomic E-state index is 0.235. The van der Waals surface area contributed by atoms with E-state index in [1.54, 1.807) is 6.07 Å². The van der Waals surface area contributed by atoms with Crippen molar-refractivity contribution >= 4 is 23.3 Å². The Kier molecular flexibility index (Phi) is 5.85. The molecule has 18 heavy (non-hydrogen) atoms. The number of anilines is 1. The lowest BCUT2D eigenvalue weighted by Crippen LogP contribution is -2.11. The molecule has 1 heterocycles. The van der Waals surface area contributed by atoms with Crippen LogP contribution in [-0.4, -0.2) is 22.4 Å². The van der Waals surface area contributed by atoms with E-state index in [1.807, 2.05) is 13.8 Å². The molecule has 5 nitrogen and oxygen atoms in total. The highest BCUT2D eigenvalue weighted by molar-refractivity contribution is 6.29. The number of carbonyl (C=O) groups excluding carboxylic acids is 1. The highest BCUT2D eigenvalue weighted by Crippen LogP contribution is 2.16. The quantitative estimate of drug-likeness (QED) is 0.588. The fourth-order valence-electron chi connectivity index (χ4n) is 1.42. The van der Waals surface area contributed by atoms with Gasteiger partial charge in [0, 0.05) is 24.9 Å². The van der Waals surface area contributed by atoms with Crippen molar-refractivity contribution in [3.63, 3.8) is 0 Å². The number of halogens is 1. The Morgan fingerprint density at radius 1 is 1.44 bits per heavy atom. The van der Waals surface area contributed by atoms with Crippen molar-refractivity contribution in [1.29, 1.82) is 0 Å². The Hall–Kier alpha value is -1.36. The molecule has 3 N–H and O–H groups in total. The molecule has 6 heteroatoms. The van der Waals surface area contributed by atoms with E-state index < -0.39 is 0 Å². The average molecular weight is 271 g/mol. The van der Waals surface area contributed by atoms with Gasteiger partial charge in [-0.25, -0.2) is 9.97 Å². The standard InChI is InChI=1S/C12H19ClN4O/c1-8(2)12-16-9(13)7-11(17-12)15-6-4-3-5-10(14)18/h7-8H,3-6H2,1-2H3,(H2,14,18)(H,15,16,17). The van der Waals surface area contributed by atoms with E-state index in [1.165, 1.54) is 0 Å². The third-order valence-electron chi connectivity index (χ3n) is 2.38. The van der Waals surface area contributed by atoms with Crippen LogP contribution in [0.5, 0.6) is 0 Å². The largest absolute Gasteiger partial charge is 0.370 e. The second-order valence-corrected chi connectivity index (χ2v) is 4.83. The lowest BCUT2D eigenvalue weighted by Gasteiger charge is -2.09. The van der Waals surface area contributed by atoms with E-state index in [4.69, 9.17) is 17.3 Å². The van der Waals surface area contributed by atoms with Gasteiger partial charge >= 0.3 is 0 Å². The number of nitrogens with one attached hydrogen (secondary N) is 1. The first kappa shape index (κ1) is 14.7. The summed E-state index contributed by atoms with van der Waals surface area (Å²) in [5.74, 6) is 1.42. The van der Waals surface area contributed by atoms with Crippen molar-refractivity contribution in [3.8, 4) is 0 Å². The molecule has 0 atom stereocenters. The van der Waals surface area contributed by atoms with E-state index in [-0.39, 0.29) is 11.8 Å². The number of hydrogen-bond donors (Lipinski definition) is 2. The molecule has 1 aromatic heterocycles. The molecule has 0 saturated heterocycles. The summed E-state index contributed by atoms with van der Waals surface area (Å²) in [5.41, 5.74) is 5.06. The van der Waals surface area contributed by atoms with Crippen molar-refractivity contribution in [1.82, 2.24) is 9.97 Å². The summed E-state index contributed by atoms with van der Waals surface area (Å²) in [7, 11) is 0. The van der Waals surface area contributed by atoms with E-state index in [0.717, 1.165) is 31.0 Å². The van der Waals surface area contributed by atoms with Gasteiger partial charge in [-0.3, -0.25) is 4.79 Å². The Morgan fingerprint density at radius 2 is 2.17 bits per heavy atom. The maximum Gasteiger partial charge on any atom is 0.217 e. The topological polar surface area (TPSA) is 80.9 Å². The predicted molar refractivity (Wildman–Crippen MR) is 72.7 cm³/mol. The summed E-state index contributed by atoms with van der Waals surface area (Å²) in [5, 5.41) is 3.61. The summed E-state index contributed by atoms with van der Waals surface area (Å²) in [6.45, 7) is 4.77. The van der Waals surface area contributed by atoms with Crippen molar-refractivity contribution in [3.05, 3.63) is 17.0 Å². The lowest BCUT2D eigenvalue weighted by molar-refractivity contribution is -0.118. The van der Waals surface area contributed by atoms with Gasteiger partial charge < -0.3 is 11.1 Å². The van der Waals surface area contributed by atoms with Crippen LogP contribution in [0.1, 0.15) is 44.9 Å². The smallest absolute Gasteiger partial charge is 0.217 e. The van der Waals surface area contributed by atoms with Gasteiger partial charge in [0.05, 0.1) is 0 Å². The maximum absolute atomic E-state index is 10.6. The first-order chi connectivity index (χ1) is 8.49. The molecular formula is C12H19ClN4O. The zero-order valence-corrected chi connectivity index (χ0v) is 11.5. The lowest BCUT2D eigenvalue weighted by atomic mass is 10.2. The van der Waals surface area contributed by atoms with E-state index >= 15 is 0 Å². The normalized spacial score (nSPS) is 10.7. The summed E-state index contributed by atoms with van der Waals surface area (Å²) >= 11 is 5.92. The van der Waals surface area contributed by atoms with Crippen LogP contribution in [0.3, 0.4) is 0 Å². The molecule has 0 unspecified atom stereocenters. The van der Waals surface area contributed by atoms with Crippen molar-refractivity contribution in [2.45, 2.75) is 39.0 Å². The highest BCUT2D eigenvalue weighted by Gasteiger charge is 2.06. The first-order valence-corrected chi connectivity index (χ1v) is 6.43. The molecule has 0 bridgehead atoms. The van der Waals surface area contributed by atoms with Crippen molar-refractivity contribution < 1.29 is 4.79 Å². The van der Waals surface area contributed by atoms with Crippen LogP contribution in [0.15, 0.2) is 6.07 Å². The molecule has 0 aromatic carbocycles. The van der Waals surface area contributed by atoms with E-state index in [9.17, 15) is 4.79 Å². The number of hydrogen-bond acceptors (Lipinski definition) is 4. The van der Waals surface area contributed by atoms with Gasteiger partial charge in [-0.1, -0.05) is 25.4 Å². The van der Waals surface area contributed by atoms with Gasteiger partial charge in [0.15, 0.2) is 0 Å². The summed E-state index contributed by atoms with van der Waals surface area (Å²) in [6, 6.07) is 1.70. The molecule has 0 aliphatic carbocycles. The first-order valence-electron chi connectivity index (χ1n) is 6.05. The van der Waals surface area contributed by atoms with Gasteiger partial charge in [-0.15, -0.1) is 0 Å². The monoisotopic (exact) mass is 270 g/mol. The average Bonchev–Trinajstić information content (AvgIpc) is 2.27. The molecule has 1 rings (SSSR count). The van der Waals surface area contributed by atoms with Gasteiger partial charge in [-0.05, 0) is 12.8 Å². The predicted octanol–water partition coefficient (Wildman–Crippen LogP) is 2.32. The third kappa shape index (κ3) is 5.31. The molecule has 0 radical (unpaired) electrons. The van der Waals surface area contributed by atoms with Crippen LogP contribution < -0.4 is 11.1 Å². The molecule has 100 valence electrons. The molecule has 0 spiro atoms. The molecule has 0 fully saturated rings. The molecule has 0 aliphatic heterocycles. The maximum atomic E-state index is 10.6. The van der Waals surface area contributed by atoms with Crippen LogP contribution in [0.25, 0.3) is 0 Å². The van der Waals surface area contributed by atoms with Crippen LogP contribution >= 0.6 is 11.6 Å². The minimum Gasteiger partial charge on any atom is -0.370 e. The van der Waals surface area contributed by atoms with Crippen LogP contribution in [0.4, 0.5) is 5.82 Å². The number of aromatic nitrogens is 2. The fourth-order valence-corrected chi connectivity index (χ4v) is 1.61. The van der Waals surface area contributed by atoms with Gasteiger partial charge in [-0.2, -0.15) is 0 Å². The zero-order valence-electron chi connectivity index (χ0n) is 10.7. The van der Waals surface area contributed by atoms with Gasteiger partial charge in [0.1, 0.15) is 16.8 Å². The van der Waals surface area contributed by atoms with Crippen molar-refractivity contribution in [2.75, 3.05) is 11.9 Å². The Labute approximate surface area is 112 Å². The number of unbranched alkanes of at least 4 members (excludes halogenated alkanes) is 1. The highest BCUT2D eigenvalue weighted by atomic mass is 35.5. The molecule has 1 aromatic rings. The van der Waals surface area contributed by atoms with E-state index in [0.29, 0.717) is 11.6 Å².